The third-order valence-corrected chi connectivity index (χ3v) is 3.71. The van der Waals surface area contributed by atoms with E-state index < -0.39 is 13.0 Å². The van der Waals surface area contributed by atoms with Crippen molar-refractivity contribution in [2.24, 2.45) is 0 Å². The Morgan fingerprint density at radius 1 is 1.48 bits per heavy atom. The van der Waals surface area contributed by atoms with E-state index in [4.69, 9.17) is 0 Å². The van der Waals surface area contributed by atoms with Crippen LogP contribution in [0.4, 0.5) is 19.4 Å². The number of piperidine rings is 1. The Morgan fingerprint density at radius 2 is 2.35 bits per heavy atom. The smallest absolute Gasteiger partial charge is 0.314 e. The van der Waals surface area contributed by atoms with Crippen LogP contribution in [0.2, 0.25) is 0 Å². The van der Waals surface area contributed by atoms with E-state index in [0.717, 1.165) is 23.9 Å². The number of nitrogens with one attached hydrogen (secondary N) is 2. The third kappa shape index (κ3) is 3.63. The Kier molecular flexibility index (Phi) is 4.49. The summed E-state index contributed by atoms with van der Waals surface area (Å²) in [5, 5.41) is 13.2. The first kappa shape index (κ1) is 15.4. The summed E-state index contributed by atoms with van der Waals surface area (Å²) in [6.45, 7) is 0.0925. The van der Waals surface area contributed by atoms with Crippen molar-refractivity contribution in [2.75, 3.05) is 11.9 Å². The van der Waals surface area contributed by atoms with E-state index >= 15 is 0 Å². The molecule has 23 heavy (non-hydrogen) atoms. The van der Waals surface area contributed by atoms with Crippen LogP contribution in [-0.4, -0.2) is 48.9 Å². The summed E-state index contributed by atoms with van der Waals surface area (Å²) >= 11 is 0. The van der Waals surface area contributed by atoms with Crippen LogP contribution >= 0.6 is 0 Å². The number of amides is 2. The molecule has 0 saturated carbocycles. The maximum Gasteiger partial charge on any atom is 0.323 e. The van der Waals surface area contributed by atoms with E-state index in [-0.39, 0.29) is 17.9 Å². The maximum absolute atomic E-state index is 12.5. The summed E-state index contributed by atoms with van der Waals surface area (Å²) < 4.78 is 25.7. The number of hydrogen-bond donors (Lipinski definition) is 2. The Morgan fingerprint density at radius 3 is 3.09 bits per heavy atom. The lowest BCUT2D eigenvalue weighted by Gasteiger charge is -2.33. The van der Waals surface area contributed by atoms with Crippen LogP contribution < -0.4 is 5.32 Å². The number of carbonyl (C=O) groups is 1. The fraction of sp³-hybridized carbons (Fsp3) is 0.538. The fourth-order valence-electron chi connectivity index (χ4n) is 2.69. The highest BCUT2D eigenvalue weighted by molar-refractivity contribution is 5.88. The number of urea groups is 1. The highest BCUT2D eigenvalue weighted by Gasteiger charge is 2.30. The molecular weight excluding hydrogens is 308 g/mol. The molecule has 2 amide bonds. The molecule has 1 aliphatic rings. The van der Waals surface area contributed by atoms with Crippen molar-refractivity contribution in [3.63, 3.8) is 0 Å². The van der Waals surface area contributed by atoms with E-state index in [2.05, 4.69) is 25.6 Å². The summed E-state index contributed by atoms with van der Waals surface area (Å²) in [5.74, 6) is 0.889. The Bertz CT molecular complexity index is 643. The van der Waals surface area contributed by atoms with Gasteiger partial charge in [0.2, 0.25) is 0 Å². The van der Waals surface area contributed by atoms with Crippen molar-refractivity contribution in [3.05, 3.63) is 24.4 Å². The molecule has 2 aromatic heterocycles. The first-order valence-electron chi connectivity index (χ1n) is 7.38. The molecule has 0 bridgehead atoms. The second-order valence-electron chi connectivity index (χ2n) is 5.32. The Hall–Kier alpha value is -2.52. The van der Waals surface area contributed by atoms with Gasteiger partial charge in [0.1, 0.15) is 18.7 Å². The van der Waals surface area contributed by atoms with Crippen molar-refractivity contribution in [3.8, 4) is 0 Å². The van der Waals surface area contributed by atoms with Crippen molar-refractivity contribution in [1.29, 1.82) is 0 Å². The van der Waals surface area contributed by atoms with E-state index in [9.17, 15) is 13.6 Å². The van der Waals surface area contributed by atoms with Gasteiger partial charge in [0, 0.05) is 18.8 Å². The van der Waals surface area contributed by atoms with Crippen molar-refractivity contribution in [1.82, 2.24) is 29.9 Å². The molecule has 1 saturated heterocycles. The number of H-pyrrole nitrogens is 1. The largest absolute Gasteiger partial charge is 0.323 e. The first-order chi connectivity index (χ1) is 11.1. The highest BCUT2D eigenvalue weighted by atomic mass is 19.3. The zero-order valence-corrected chi connectivity index (χ0v) is 12.3. The van der Waals surface area contributed by atoms with Crippen molar-refractivity contribution < 1.29 is 13.6 Å². The zero-order valence-electron chi connectivity index (χ0n) is 12.3. The number of aromatic nitrogens is 5. The van der Waals surface area contributed by atoms with Gasteiger partial charge in [-0.1, -0.05) is 0 Å². The third-order valence-electron chi connectivity index (χ3n) is 3.71. The average Bonchev–Trinajstić information content (AvgIpc) is 3.18. The molecule has 2 aromatic rings. The van der Waals surface area contributed by atoms with Gasteiger partial charge in [0.05, 0.1) is 6.04 Å². The van der Waals surface area contributed by atoms with Crippen LogP contribution in [0, 0.1) is 0 Å². The van der Waals surface area contributed by atoms with Gasteiger partial charge in [-0.25, -0.2) is 18.6 Å². The van der Waals surface area contributed by atoms with Gasteiger partial charge in [-0.15, -0.1) is 0 Å². The normalized spacial score (nSPS) is 18.4. The number of hydrogen-bond acceptors (Lipinski definition) is 4. The molecule has 1 fully saturated rings. The molecule has 0 spiro atoms. The van der Waals surface area contributed by atoms with Gasteiger partial charge < -0.3 is 4.90 Å². The van der Waals surface area contributed by atoms with Gasteiger partial charge in [0.15, 0.2) is 5.82 Å². The molecule has 8 nitrogen and oxygen atoms in total. The maximum atomic E-state index is 12.5. The summed E-state index contributed by atoms with van der Waals surface area (Å²) in [7, 11) is 0. The van der Waals surface area contributed by atoms with E-state index in [1.165, 1.54) is 18.6 Å². The van der Waals surface area contributed by atoms with Crippen LogP contribution in [0.25, 0.3) is 0 Å². The SMILES string of the molecule is O=C(Nc1ccn(CC(F)F)n1)N1CCCC[C@H]1c1ncn[nH]1. The predicted octanol–water partition coefficient (Wildman–Crippen LogP) is 2.03. The van der Waals surface area contributed by atoms with Crippen LogP contribution in [0.1, 0.15) is 31.1 Å². The molecule has 3 heterocycles. The summed E-state index contributed by atoms with van der Waals surface area (Å²) in [5.41, 5.74) is 0. The zero-order chi connectivity index (χ0) is 16.2. The van der Waals surface area contributed by atoms with E-state index in [1.54, 1.807) is 4.90 Å². The Balaban J connectivity index is 1.67. The molecule has 10 heteroatoms. The molecule has 0 aromatic carbocycles. The second-order valence-corrected chi connectivity index (χ2v) is 5.32. The monoisotopic (exact) mass is 325 g/mol. The lowest BCUT2D eigenvalue weighted by atomic mass is 10.0. The molecule has 2 N–H and O–H groups in total. The van der Waals surface area contributed by atoms with E-state index in [1.807, 2.05) is 0 Å². The number of rotatable bonds is 4. The molecule has 1 atom stereocenters. The van der Waals surface area contributed by atoms with Crippen LogP contribution in [-0.2, 0) is 6.54 Å². The van der Waals surface area contributed by atoms with E-state index in [0.29, 0.717) is 12.4 Å². The van der Waals surface area contributed by atoms with Crippen LogP contribution in [0.15, 0.2) is 18.6 Å². The number of carbonyl (C=O) groups excluding carboxylic acids is 1. The lowest BCUT2D eigenvalue weighted by molar-refractivity contribution is 0.122. The molecule has 0 aliphatic carbocycles. The number of aromatic amines is 1. The summed E-state index contributed by atoms with van der Waals surface area (Å²) in [4.78, 5) is 18.2. The first-order valence-corrected chi connectivity index (χ1v) is 7.38. The van der Waals surface area contributed by atoms with Crippen LogP contribution in [0.3, 0.4) is 0 Å². The topological polar surface area (TPSA) is 91.7 Å². The Labute approximate surface area is 130 Å². The number of anilines is 1. The van der Waals surface area contributed by atoms with Crippen molar-refractivity contribution >= 4 is 11.8 Å². The predicted molar refractivity (Wildman–Crippen MR) is 76.9 cm³/mol. The van der Waals surface area contributed by atoms with Gasteiger partial charge in [-0.3, -0.25) is 15.1 Å². The fourth-order valence-corrected chi connectivity index (χ4v) is 2.69. The van der Waals surface area contributed by atoms with Gasteiger partial charge in [0.25, 0.3) is 6.43 Å². The lowest BCUT2D eigenvalue weighted by Crippen LogP contribution is -2.41. The standard InChI is InChI=1S/C13H17F2N7O/c14-10(15)7-21-6-4-11(20-21)18-13(23)22-5-2-1-3-9(22)12-16-8-17-19-12/h4,6,8-10H,1-3,5,7H2,(H,16,17,19)(H,18,20,23)/t9-/m0/s1. The van der Waals surface area contributed by atoms with Gasteiger partial charge in [-0.2, -0.15) is 10.2 Å². The summed E-state index contributed by atoms with van der Waals surface area (Å²) in [6, 6.07) is 0.996. The van der Waals surface area contributed by atoms with Gasteiger partial charge >= 0.3 is 6.03 Å². The summed E-state index contributed by atoms with van der Waals surface area (Å²) in [6.07, 6.45) is 3.02. The molecule has 124 valence electrons. The van der Waals surface area contributed by atoms with Gasteiger partial charge in [-0.05, 0) is 19.3 Å². The average molecular weight is 325 g/mol. The minimum atomic E-state index is -2.49. The molecule has 1 aliphatic heterocycles. The highest BCUT2D eigenvalue weighted by Crippen LogP contribution is 2.28. The van der Waals surface area contributed by atoms with Crippen LogP contribution in [0.5, 0.6) is 0 Å². The minimum absolute atomic E-state index is 0.172. The second kappa shape index (κ2) is 6.71. The molecule has 0 unspecified atom stereocenters. The minimum Gasteiger partial charge on any atom is -0.314 e. The molecule has 0 radical (unpaired) electrons. The molecule has 3 rings (SSSR count). The van der Waals surface area contributed by atoms with Crippen molar-refractivity contribution in [2.45, 2.75) is 38.3 Å². The number of likely N-dealkylation sites (tertiary alicyclic amines) is 1. The number of halogens is 2. The number of nitrogens with zero attached hydrogens (tertiary/aromatic N) is 5. The molecular formula is C13H17F2N7O. The quantitative estimate of drug-likeness (QED) is 0.899. The number of alkyl halides is 2.